The van der Waals surface area contributed by atoms with Crippen molar-refractivity contribution in [2.45, 2.75) is 43.9 Å². The van der Waals surface area contributed by atoms with Gasteiger partial charge in [-0.05, 0) is 36.2 Å². The van der Waals surface area contributed by atoms with Crippen LogP contribution < -0.4 is 15.4 Å². The highest BCUT2D eigenvalue weighted by molar-refractivity contribution is 6.06. The molecule has 4 atom stereocenters. The minimum absolute atomic E-state index is 0.0971. The van der Waals surface area contributed by atoms with Gasteiger partial charge < -0.3 is 30.3 Å². The average Bonchev–Trinajstić information content (AvgIpc) is 3.52. The Bertz CT molecular complexity index is 1440. The third-order valence-electron chi connectivity index (χ3n) is 6.54. The van der Waals surface area contributed by atoms with Crippen LogP contribution >= 0.6 is 0 Å². The molecule has 2 aromatic heterocycles. The second kappa shape index (κ2) is 11.6. The first-order valence-electron chi connectivity index (χ1n) is 12.4. The normalized spacial score (nSPS) is 20.6. The molecule has 0 aliphatic carbocycles. The van der Waals surface area contributed by atoms with E-state index in [2.05, 4.69) is 25.6 Å². The first-order valence-corrected chi connectivity index (χ1v) is 12.4. The summed E-state index contributed by atoms with van der Waals surface area (Å²) in [5.74, 6) is 0.365. The van der Waals surface area contributed by atoms with Gasteiger partial charge >= 0.3 is 0 Å². The second-order valence-corrected chi connectivity index (χ2v) is 9.08. The lowest BCUT2D eigenvalue weighted by molar-refractivity contribution is -0.122. The highest BCUT2D eigenvalue weighted by atomic mass is 16.6. The molecule has 0 radical (unpaired) electrons. The lowest BCUT2D eigenvalue weighted by Gasteiger charge is -2.16. The number of fused-ring (bicyclic) bond motifs is 1. The van der Waals surface area contributed by atoms with E-state index in [0.29, 0.717) is 23.3 Å². The summed E-state index contributed by atoms with van der Waals surface area (Å²) in [5.41, 5.74) is 1.98. The molecule has 39 heavy (non-hydrogen) atoms. The van der Waals surface area contributed by atoms with Crippen LogP contribution in [-0.2, 0) is 16.1 Å². The number of aromatic nitrogens is 4. The monoisotopic (exact) mass is 532 g/mol. The van der Waals surface area contributed by atoms with Crippen LogP contribution in [0.2, 0.25) is 0 Å². The van der Waals surface area contributed by atoms with Gasteiger partial charge in [0.15, 0.2) is 23.2 Å². The minimum Gasteiger partial charge on any atom is -0.497 e. The molecule has 0 unspecified atom stereocenters. The number of hydrogen-bond donors (Lipinski definition) is 4. The van der Waals surface area contributed by atoms with Crippen molar-refractivity contribution in [1.29, 1.82) is 0 Å². The van der Waals surface area contributed by atoms with Crippen LogP contribution in [0.15, 0.2) is 67.3 Å². The number of benzene rings is 2. The first-order chi connectivity index (χ1) is 18.9. The fourth-order valence-corrected chi connectivity index (χ4v) is 4.40. The van der Waals surface area contributed by atoms with Crippen molar-refractivity contribution in [3.8, 4) is 5.75 Å². The smallest absolute Gasteiger partial charge is 0.256 e. The van der Waals surface area contributed by atoms with Crippen molar-refractivity contribution < 1.29 is 29.3 Å². The van der Waals surface area contributed by atoms with Crippen LogP contribution in [0.5, 0.6) is 5.75 Å². The fraction of sp³-hybridized carbons (Fsp3) is 0.296. The van der Waals surface area contributed by atoms with Gasteiger partial charge in [0.25, 0.3) is 5.91 Å². The van der Waals surface area contributed by atoms with E-state index in [-0.39, 0.29) is 30.5 Å². The van der Waals surface area contributed by atoms with Crippen LogP contribution in [0, 0.1) is 0 Å². The highest BCUT2D eigenvalue weighted by Crippen LogP contribution is 2.34. The van der Waals surface area contributed by atoms with Gasteiger partial charge in [0, 0.05) is 18.5 Å². The molecule has 0 saturated carbocycles. The standard InChI is InChI=1S/C27H28N6O6/c1-38-18-9-7-16(8-10-18)13-28-20(34)12-11-19-22(35)23(36)27(39-19)33-15-31-21-24(29-14-30-25(21)33)32-26(37)17-5-3-2-4-6-17/h2-10,14-15,19,22-23,27,35-36H,11-13H2,1H3,(H,28,34)(H,29,30,32,37)/t19-,22-,23-,27-/m1/s1. The molecule has 1 fully saturated rings. The third-order valence-corrected chi connectivity index (χ3v) is 6.54. The topological polar surface area (TPSA) is 161 Å². The average molecular weight is 533 g/mol. The summed E-state index contributed by atoms with van der Waals surface area (Å²) in [6, 6.07) is 16.0. The maximum Gasteiger partial charge on any atom is 0.256 e. The van der Waals surface area contributed by atoms with E-state index in [1.165, 1.54) is 17.2 Å². The molecule has 4 aromatic rings. The summed E-state index contributed by atoms with van der Waals surface area (Å²) in [6.07, 6.45) is -1.32. The quantitative estimate of drug-likeness (QED) is 0.252. The molecule has 0 spiro atoms. The molecule has 4 N–H and O–H groups in total. The predicted molar refractivity (Wildman–Crippen MR) is 140 cm³/mol. The van der Waals surface area contributed by atoms with E-state index in [1.54, 1.807) is 31.4 Å². The van der Waals surface area contributed by atoms with Crippen molar-refractivity contribution in [3.63, 3.8) is 0 Å². The molecule has 3 heterocycles. The number of ether oxygens (including phenoxy) is 2. The van der Waals surface area contributed by atoms with Crippen LogP contribution in [0.1, 0.15) is 35.0 Å². The molecule has 202 valence electrons. The molecule has 12 heteroatoms. The van der Waals surface area contributed by atoms with Crippen LogP contribution in [-0.4, -0.2) is 67.0 Å². The van der Waals surface area contributed by atoms with Gasteiger partial charge in [-0.3, -0.25) is 14.2 Å². The number of aliphatic hydroxyl groups excluding tert-OH is 2. The molecule has 12 nitrogen and oxygen atoms in total. The number of imidazole rings is 1. The van der Waals surface area contributed by atoms with Crippen molar-refractivity contribution in [2.24, 2.45) is 0 Å². The van der Waals surface area contributed by atoms with Crippen LogP contribution in [0.4, 0.5) is 5.82 Å². The Labute approximate surface area is 223 Å². The largest absolute Gasteiger partial charge is 0.497 e. The van der Waals surface area contributed by atoms with Gasteiger partial charge in [-0.25, -0.2) is 15.0 Å². The summed E-state index contributed by atoms with van der Waals surface area (Å²) >= 11 is 0. The summed E-state index contributed by atoms with van der Waals surface area (Å²) < 4.78 is 12.6. The number of methoxy groups -OCH3 is 1. The number of carbonyl (C=O) groups is 2. The number of hydrogen-bond acceptors (Lipinski definition) is 9. The predicted octanol–water partition coefficient (Wildman–Crippen LogP) is 1.80. The number of rotatable bonds is 9. The zero-order valence-corrected chi connectivity index (χ0v) is 21.1. The zero-order valence-electron chi connectivity index (χ0n) is 21.1. The molecule has 0 bridgehead atoms. The number of amides is 2. The molecule has 2 aromatic carbocycles. The number of nitrogens with one attached hydrogen (secondary N) is 2. The van der Waals surface area contributed by atoms with Crippen LogP contribution in [0.3, 0.4) is 0 Å². The third kappa shape index (κ3) is 5.72. The van der Waals surface area contributed by atoms with Crippen molar-refractivity contribution in [1.82, 2.24) is 24.8 Å². The summed E-state index contributed by atoms with van der Waals surface area (Å²) in [4.78, 5) is 37.7. The van der Waals surface area contributed by atoms with Gasteiger partial charge in [-0.1, -0.05) is 30.3 Å². The molecule has 1 saturated heterocycles. The minimum atomic E-state index is -1.29. The van der Waals surface area contributed by atoms with Gasteiger partial charge in [0.1, 0.15) is 24.3 Å². The van der Waals surface area contributed by atoms with E-state index in [1.807, 2.05) is 30.3 Å². The summed E-state index contributed by atoms with van der Waals surface area (Å²) in [5, 5.41) is 26.9. The fourth-order valence-electron chi connectivity index (χ4n) is 4.40. The van der Waals surface area contributed by atoms with Crippen molar-refractivity contribution in [3.05, 3.63) is 78.4 Å². The summed E-state index contributed by atoms with van der Waals surface area (Å²) in [6.45, 7) is 0.353. The number of anilines is 1. The van der Waals surface area contributed by atoms with E-state index < -0.39 is 24.5 Å². The Kier molecular flexibility index (Phi) is 7.77. The maximum absolute atomic E-state index is 12.6. The van der Waals surface area contributed by atoms with Gasteiger partial charge in [0.2, 0.25) is 5.91 Å². The maximum atomic E-state index is 12.6. The molecular formula is C27H28N6O6. The van der Waals surface area contributed by atoms with E-state index in [9.17, 15) is 19.8 Å². The number of nitrogens with zero attached hydrogens (tertiary/aromatic N) is 4. The lowest BCUT2D eigenvalue weighted by Crippen LogP contribution is -2.32. The first kappa shape index (κ1) is 26.2. The highest BCUT2D eigenvalue weighted by Gasteiger charge is 2.44. The summed E-state index contributed by atoms with van der Waals surface area (Å²) in [7, 11) is 1.59. The Morgan fingerprint density at radius 1 is 1.03 bits per heavy atom. The van der Waals surface area contributed by atoms with E-state index in [4.69, 9.17) is 9.47 Å². The molecule has 2 amide bonds. The Morgan fingerprint density at radius 2 is 1.79 bits per heavy atom. The zero-order chi connectivity index (χ0) is 27.4. The molecule has 1 aliphatic rings. The van der Waals surface area contributed by atoms with Gasteiger partial charge in [0.05, 0.1) is 19.5 Å². The van der Waals surface area contributed by atoms with Crippen molar-refractivity contribution in [2.75, 3.05) is 12.4 Å². The van der Waals surface area contributed by atoms with E-state index in [0.717, 1.165) is 11.3 Å². The lowest BCUT2D eigenvalue weighted by atomic mass is 10.1. The SMILES string of the molecule is COc1ccc(CNC(=O)CC[C@H]2O[C@@H](n3cnc4c(NC(=O)c5ccccc5)ncnc43)[C@H](O)[C@@H]2O)cc1. The Morgan fingerprint density at radius 3 is 2.54 bits per heavy atom. The molecule has 1 aliphatic heterocycles. The van der Waals surface area contributed by atoms with Crippen LogP contribution in [0.25, 0.3) is 11.2 Å². The number of aliphatic hydroxyl groups is 2. The number of carbonyl (C=O) groups excluding carboxylic acids is 2. The second-order valence-electron chi connectivity index (χ2n) is 9.08. The molecule has 5 rings (SSSR count). The van der Waals surface area contributed by atoms with Gasteiger partial charge in [-0.2, -0.15) is 0 Å². The van der Waals surface area contributed by atoms with Crippen molar-refractivity contribution >= 4 is 28.8 Å². The molecular weight excluding hydrogens is 504 g/mol. The van der Waals surface area contributed by atoms with Gasteiger partial charge in [-0.15, -0.1) is 0 Å². The Balaban J connectivity index is 1.21. The van der Waals surface area contributed by atoms with E-state index >= 15 is 0 Å². The Hall–Kier alpha value is -4.39.